The topological polar surface area (TPSA) is 72.3 Å². The highest BCUT2D eigenvalue weighted by Crippen LogP contribution is 2.28. The predicted molar refractivity (Wildman–Crippen MR) is 81.4 cm³/mol. The van der Waals surface area contributed by atoms with Crippen LogP contribution in [0.5, 0.6) is 0 Å². The summed E-state index contributed by atoms with van der Waals surface area (Å²) < 4.78 is 7.67. The summed E-state index contributed by atoms with van der Waals surface area (Å²) in [5.74, 6) is 2.54. The molecule has 2 heterocycles. The third-order valence-corrected chi connectivity index (χ3v) is 4.42. The average Bonchev–Trinajstić information content (AvgIpc) is 3.26. The molecule has 1 atom stereocenters. The van der Waals surface area contributed by atoms with E-state index in [0.29, 0.717) is 13.2 Å². The van der Waals surface area contributed by atoms with Gasteiger partial charge < -0.3 is 19.5 Å². The van der Waals surface area contributed by atoms with Crippen LogP contribution in [0.4, 0.5) is 4.79 Å². The van der Waals surface area contributed by atoms with Crippen molar-refractivity contribution in [1.82, 2.24) is 25.0 Å². The molecule has 0 bridgehead atoms. The van der Waals surface area contributed by atoms with E-state index < -0.39 is 0 Å². The third-order valence-electron chi connectivity index (χ3n) is 4.42. The van der Waals surface area contributed by atoms with E-state index in [-0.39, 0.29) is 12.1 Å². The summed E-state index contributed by atoms with van der Waals surface area (Å²) in [6, 6.07) is -0.119. The summed E-state index contributed by atoms with van der Waals surface area (Å²) in [4.78, 5) is 13.9. The highest BCUT2D eigenvalue weighted by atomic mass is 16.5. The molecule has 122 valence electrons. The van der Waals surface area contributed by atoms with Gasteiger partial charge in [0, 0.05) is 26.7 Å². The lowest BCUT2D eigenvalue weighted by Crippen LogP contribution is -2.42. The second-order valence-corrected chi connectivity index (χ2v) is 6.34. The number of amides is 2. The number of hydrogen-bond donors (Lipinski definition) is 1. The average molecular weight is 307 g/mol. The Labute approximate surface area is 131 Å². The van der Waals surface area contributed by atoms with Crippen LogP contribution < -0.4 is 5.32 Å². The van der Waals surface area contributed by atoms with Gasteiger partial charge in [0.05, 0.1) is 12.6 Å². The van der Waals surface area contributed by atoms with Gasteiger partial charge in [-0.15, -0.1) is 10.2 Å². The van der Waals surface area contributed by atoms with Crippen LogP contribution in [-0.2, 0) is 11.3 Å². The summed E-state index contributed by atoms with van der Waals surface area (Å²) in [5, 5.41) is 11.4. The van der Waals surface area contributed by atoms with Crippen LogP contribution in [0, 0.1) is 12.8 Å². The van der Waals surface area contributed by atoms with Crippen LogP contribution >= 0.6 is 0 Å². The highest BCUT2D eigenvalue weighted by Gasteiger charge is 2.26. The van der Waals surface area contributed by atoms with Crippen LogP contribution in [0.25, 0.3) is 0 Å². The van der Waals surface area contributed by atoms with Crippen LogP contribution in [0.15, 0.2) is 0 Å². The van der Waals surface area contributed by atoms with E-state index in [1.165, 1.54) is 12.8 Å². The first-order chi connectivity index (χ1) is 10.6. The molecule has 0 saturated heterocycles. The molecule has 0 aromatic carbocycles. The Hall–Kier alpha value is -1.63. The first-order valence-corrected chi connectivity index (χ1v) is 8.14. The van der Waals surface area contributed by atoms with Crippen LogP contribution in [0.3, 0.4) is 0 Å². The molecule has 2 aliphatic rings. The van der Waals surface area contributed by atoms with Gasteiger partial charge in [-0.2, -0.15) is 0 Å². The minimum Gasteiger partial charge on any atom is -0.379 e. The minimum absolute atomic E-state index is 0.0442. The van der Waals surface area contributed by atoms with Crippen molar-refractivity contribution in [2.75, 3.05) is 26.8 Å². The Morgan fingerprint density at radius 3 is 3.00 bits per heavy atom. The van der Waals surface area contributed by atoms with Crippen LogP contribution in [0.1, 0.15) is 43.4 Å². The summed E-state index contributed by atoms with van der Waals surface area (Å²) >= 11 is 0. The molecule has 0 unspecified atom stereocenters. The number of carbonyl (C=O) groups is 1. The monoisotopic (exact) mass is 307 g/mol. The normalized spacial score (nSPS) is 20.5. The van der Waals surface area contributed by atoms with Gasteiger partial charge in [0.1, 0.15) is 5.82 Å². The second kappa shape index (κ2) is 6.64. The number of aromatic nitrogens is 3. The first kappa shape index (κ1) is 15.3. The van der Waals surface area contributed by atoms with Crippen molar-refractivity contribution in [3.05, 3.63) is 11.6 Å². The lowest BCUT2D eigenvalue weighted by atomic mass is 10.1. The number of aryl methyl sites for hydroxylation is 1. The quantitative estimate of drug-likeness (QED) is 0.808. The molecule has 1 N–H and O–H groups in total. The number of fused-ring (bicyclic) bond motifs is 1. The predicted octanol–water partition coefficient (Wildman–Crippen LogP) is 1.49. The van der Waals surface area contributed by atoms with E-state index in [4.69, 9.17) is 4.74 Å². The molecule has 22 heavy (non-hydrogen) atoms. The number of carbonyl (C=O) groups excluding carboxylic acids is 1. The third kappa shape index (κ3) is 3.58. The maximum Gasteiger partial charge on any atom is 0.317 e. The van der Waals surface area contributed by atoms with E-state index in [1.807, 2.05) is 6.92 Å². The number of likely N-dealkylation sites (N-methyl/N-ethyl adjacent to an activating group) is 1. The Morgan fingerprint density at radius 1 is 1.41 bits per heavy atom. The Morgan fingerprint density at radius 2 is 2.23 bits per heavy atom. The largest absolute Gasteiger partial charge is 0.379 e. The van der Waals surface area contributed by atoms with Crippen molar-refractivity contribution in [2.24, 2.45) is 5.92 Å². The van der Waals surface area contributed by atoms with E-state index in [2.05, 4.69) is 20.1 Å². The summed E-state index contributed by atoms with van der Waals surface area (Å²) in [5.41, 5.74) is 0. The zero-order valence-corrected chi connectivity index (χ0v) is 13.4. The fourth-order valence-corrected chi connectivity index (χ4v) is 2.75. The van der Waals surface area contributed by atoms with Crippen LogP contribution in [-0.4, -0.2) is 52.5 Å². The molecule has 3 rings (SSSR count). The molecule has 1 saturated carbocycles. The number of rotatable bonds is 6. The zero-order valence-electron chi connectivity index (χ0n) is 13.4. The summed E-state index contributed by atoms with van der Waals surface area (Å²) in [7, 11) is 1.80. The Balaban J connectivity index is 1.46. The van der Waals surface area contributed by atoms with Gasteiger partial charge in [0.15, 0.2) is 5.82 Å². The van der Waals surface area contributed by atoms with E-state index in [1.54, 1.807) is 11.9 Å². The van der Waals surface area contributed by atoms with E-state index >= 15 is 0 Å². The lowest BCUT2D eigenvalue weighted by Gasteiger charge is -2.26. The molecule has 1 aromatic heterocycles. The minimum atomic E-state index is -0.0749. The number of urea groups is 1. The van der Waals surface area contributed by atoms with E-state index in [0.717, 1.165) is 43.6 Å². The summed E-state index contributed by atoms with van der Waals surface area (Å²) in [6.45, 7) is 4.92. The van der Waals surface area contributed by atoms with Crippen molar-refractivity contribution in [3.8, 4) is 0 Å². The number of hydrogen-bond acceptors (Lipinski definition) is 4. The smallest absolute Gasteiger partial charge is 0.317 e. The molecule has 1 fully saturated rings. The van der Waals surface area contributed by atoms with Crippen molar-refractivity contribution in [3.63, 3.8) is 0 Å². The lowest BCUT2D eigenvalue weighted by molar-refractivity contribution is 0.107. The molecule has 0 radical (unpaired) electrons. The molecule has 0 spiro atoms. The maximum absolute atomic E-state index is 12.3. The maximum atomic E-state index is 12.3. The van der Waals surface area contributed by atoms with Crippen molar-refractivity contribution >= 4 is 6.03 Å². The first-order valence-electron chi connectivity index (χ1n) is 8.14. The molecular weight excluding hydrogens is 282 g/mol. The Kier molecular flexibility index (Phi) is 4.61. The number of ether oxygens (including phenoxy) is 1. The highest BCUT2D eigenvalue weighted by molar-refractivity contribution is 5.74. The van der Waals surface area contributed by atoms with Gasteiger partial charge in [-0.25, -0.2) is 4.79 Å². The number of nitrogens with one attached hydrogen (secondary N) is 1. The molecule has 1 aromatic rings. The zero-order chi connectivity index (χ0) is 15.5. The standard InChI is InChI=1S/C15H25N5O2/c1-11-17-18-14-13(4-3-7-20(11)14)16-15(21)19(2)8-9-22-10-12-5-6-12/h12-13H,3-10H2,1-2H3,(H,16,21)/t13-/m1/s1. The fourth-order valence-electron chi connectivity index (χ4n) is 2.75. The van der Waals surface area contributed by atoms with Gasteiger partial charge in [0.2, 0.25) is 0 Å². The van der Waals surface area contributed by atoms with Crippen LogP contribution in [0.2, 0.25) is 0 Å². The van der Waals surface area contributed by atoms with Crippen molar-refractivity contribution in [1.29, 1.82) is 0 Å². The summed E-state index contributed by atoms with van der Waals surface area (Å²) in [6.07, 6.45) is 4.52. The molecule has 2 amide bonds. The number of nitrogens with zero attached hydrogens (tertiary/aromatic N) is 4. The molecule has 7 nitrogen and oxygen atoms in total. The van der Waals surface area contributed by atoms with Gasteiger partial charge in [-0.3, -0.25) is 0 Å². The van der Waals surface area contributed by atoms with Crippen molar-refractivity contribution < 1.29 is 9.53 Å². The van der Waals surface area contributed by atoms with E-state index in [9.17, 15) is 4.79 Å². The van der Waals surface area contributed by atoms with Gasteiger partial charge in [-0.05, 0) is 38.5 Å². The molecular formula is C15H25N5O2. The molecule has 7 heteroatoms. The van der Waals surface area contributed by atoms with Gasteiger partial charge >= 0.3 is 6.03 Å². The van der Waals surface area contributed by atoms with Crippen molar-refractivity contribution in [2.45, 2.75) is 45.2 Å². The van der Waals surface area contributed by atoms with Gasteiger partial charge in [-0.1, -0.05) is 0 Å². The van der Waals surface area contributed by atoms with Gasteiger partial charge in [0.25, 0.3) is 0 Å². The Bertz CT molecular complexity index is 526. The fraction of sp³-hybridized carbons (Fsp3) is 0.800. The second-order valence-electron chi connectivity index (χ2n) is 6.34. The molecule has 1 aliphatic carbocycles. The molecule has 1 aliphatic heterocycles. The SMILES string of the molecule is Cc1nnc2n1CCC[C@H]2NC(=O)N(C)CCOCC1CC1.